The van der Waals surface area contributed by atoms with Gasteiger partial charge in [-0.2, -0.15) is 0 Å². The Labute approximate surface area is 112 Å². The van der Waals surface area contributed by atoms with Crippen LogP contribution in [0.1, 0.15) is 32.3 Å². The minimum atomic E-state index is -0.210. The molecule has 2 nitrogen and oxygen atoms in total. The van der Waals surface area contributed by atoms with E-state index >= 15 is 0 Å². The van der Waals surface area contributed by atoms with Gasteiger partial charge in [-0.15, -0.1) is 0 Å². The number of halogens is 1. The lowest BCUT2D eigenvalue weighted by Gasteiger charge is -2.31. The van der Waals surface area contributed by atoms with Gasteiger partial charge >= 0.3 is 0 Å². The molecule has 0 aromatic heterocycles. The number of hydrogen-bond acceptors (Lipinski definition) is 2. The van der Waals surface area contributed by atoms with Crippen LogP contribution in [0.3, 0.4) is 0 Å². The Kier molecular flexibility index (Phi) is 3.79. The zero-order valence-corrected chi connectivity index (χ0v) is 12.1. The van der Waals surface area contributed by atoms with Gasteiger partial charge in [-0.25, -0.2) is 0 Å². The molecule has 0 unspecified atom stereocenters. The Hall–Kier alpha value is -0.540. The van der Waals surface area contributed by atoms with E-state index < -0.39 is 0 Å². The molecule has 0 atom stereocenters. The number of aliphatic hydroxyl groups excluding tert-OH is 1. The molecule has 2 rings (SSSR count). The molecule has 17 heavy (non-hydrogen) atoms. The number of hydrogen-bond donors (Lipinski definition) is 1. The molecule has 1 aromatic carbocycles. The number of aliphatic hydroxyl groups is 1. The Morgan fingerprint density at radius 2 is 1.94 bits per heavy atom. The topological polar surface area (TPSA) is 23.5 Å². The monoisotopic (exact) mass is 297 g/mol. The molecule has 0 saturated carbocycles. The lowest BCUT2D eigenvalue weighted by molar-refractivity contribution is 0.218. The number of anilines is 1. The second kappa shape index (κ2) is 4.99. The van der Waals surface area contributed by atoms with Crippen molar-refractivity contribution in [2.24, 2.45) is 0 Å². The summed E-state index contributed by atoms with van der Waals surface area (Å²) in [5, 5.41) is 9.60. The van der Waals surface area contributed by atoms with Crippen molar-refractivity contribution in [3.8, 4) is 0 Å². The van der Waals surface area contributed by atoms with E-state index in [0.717, 1.165) is 17.6 Å². The van der Waals surface area contributed by atoms with E-state index in [9.17, 15) is 5.11 Å². The third-order valence-electron chi connectivity index (χ3n) is 3.51. The zero-order valence-electron chi connectivity index (χ0n) is 10.5. The van der Waals surface area contributed by atoms with E-state index in [1.54, 1.807) is 0 Å². The Balaban J connectivity index is 2.47. The van der Waals surface area contributed by atoms with Gasteiger partial charge in [-0.3, -0.25) is 0 Å². The van der Waals surface area contributed by atoms with Crippen molar-refractivity contribution in [1.29, 1.82) is 0 Å². The smallest absolute Gasteiger partial charge is 0.0523 e. The average Bonchev–Trinajstić information content (AvgIpc) is 2.81. The molecule has 1 fully saturated rings. The van der Waals surface area contributed by atoms with Crippen LogP contribution in [0, 0.1) is 0 Å². The van der Waals surface area contributed by atoms with E-state index in [2.05, 4.69) is 52.9 Å². The highest BCUT2D eigenvalue weighted by Gasteiger charge is 2.28. The van der Waals surface area contributed by atoms with Gasteiger partial charge in [0.1, 0.15) is 0 Å². The maximum Gasteiger partial charge on any atom is 0.0523 e. The van der Waals surface area contributed by atoms with Crippen LogP contribution in [-0.4, -0.2) is 24.8 Å². The first kappa shape index (κ1) is 12.9. The average molecular weight is 298 g/mol. The molecule has 0 spiro atoms. The van der Waals surface area contributed by atoms with Crippen LogP contribution in [0.15, 0.2) is 22.7 Å². The molecule has 0 amide bonds. The van der Waals surface area contributed by atoms with Gasteiger partial charge in [0.2, 0.25) is 0 Å². The summed E-state index contributed by atoms with van der Waals surface area (Å²) in [5.74, 6) is 0. The number of benzene rings is 1. The quantitative estimate of drug-likeness (QED) is 0.925. The minimum absolute atomic E-state index is 0.163. The molecular weight excluding hydrogens is 278 g/mol. The summed E-state index contributed by atoms with van der Waals surface area (Å²) < 4.78 is 1.10. The summed E-state index contributed by atoms with van der Waals surface area (Å²) in [4.78, 5) is 2.43. The first-order chi connectivity index (χ1) is 8.06. The van der Waals surface area contributed by atoms with Crippen molar-refractivity contribution in [3.63, 3.8) is 0 Å². The first-order valence-corrected chi connectivity index (χ1v) is 7.00. The standard InChI is InChI=1S/C14H20BrNO/c1-14(2,10-17)13-11(15)6-5-7-12(13)16-8-3-4-9-16/h5-7,17H,3-4,8-10H2,1-2H3. The third-order valence-corrected chi connectivity index (χ3v) is 4.17. The summed E-state index contributed by atoms with van der Waals surface area (Å²) >= 11 is 3.63. The Bertz CT molecular complexity index is 397. The van der Waals surface area contributed by atoms with Crippen LogP contribution >= 0.6 is 15.9 Å². The van der Waals surface area contributed by atoms with Crippen molar-refractivity contribution in [1.82, 2.24) is 0 Å². The molecule has 1 N–H and O–H groups in total. The second-order valence-corrected chi connectivity index (χ2v) is 6.22. The molecule has 0 aliphatic carbocycles. The maximum atomic E-state index is 9.60. The van der Waals surface area contributed by atoms with Gasteiger partial charge in [-0.05, 0) is 30.5 Å². The molecule has 1 aromatic rings. The van der Waals surface area contributed by atoms with Crippen LogP contribution in [-0.2, 0) is 5.41 Å². The van der Waals surface area contributed by atoms with E-state index in [4.69, 9.17) is 0 Å². The third kappa shape index (κ3) is 2.50. The van der Waals surface area contributed by atoms with E-state index in [0.29, 0.717) is 0 Å². The van der Waals surface area contributed by atoms with Crippen LogP contribution in [0.5, 0.6) is 0 Å². The van der Waals surface area contributed by atoms with E-state index in [-0.39, 0.29) is 12.0 Å². The summed E-state index contributed by atoms with van der Waals surface area (Å²) in [7, 11) is 0. The summed E-state index contributed by atoms with van der Waals surface area (Å²) in [5.41, 5.74) is 2.29. The van der Waals surface area contributed by atoms with Gasteiger partial charge in [0.05, 0.1) is 6.61 Å². The van der Waals surface area contributed by atoms with Gasteiger partial charge in [0.25, 0.3) is 0 Å². The molecule has 94 valence electrons. The SMILES string of the molecule is CC(C)(CO)c1c(Br)cccc1N1CCCC1. The summed E-state index contributed by atoms with van der Waals surface area (Å²) in [6.07, 6.45) is 2.54. The largest absolute Gasteiger partial charge is 0.395 e. The van der Waals surface area contributed by atoms with Crippen LogP contribution in [0.4, 0.5) is 5.69 Å². The molecular formula is C14H20BrNO. The molecule has 1 aliphatic heterocycles. The number of nitrogens with zero attached hydrogens (tertiary/aromatic N) is 1. The minimum Gasteiger partial charge on any atom is -0.395 e. The van der Waals surface area contributed by atoms with Crippen molar-refractivity contribution in [2.75, 3.05) is 24.6 Å². The maximum absolute atomic E-state index is 9.60. The predicted octanol–water partition coefficient (Wildman–Crippen LogP) is 3.32. The predicted molar refractivity (Wildman–Crippen MR) is 75.7 cm³/mol. The second-order valence-electron chi connectivity index (χ2n) is 5.37. The zero-order chi connectivity index (χ0) is 12.5. The molecule has 1 aliphatic rings. The van der Waals surface area contributed by atoms with Crippen molar-refractivity contribution in [3.05, 3.63) is 28.2 Å². The van der Waals surface area contributed by atoms with Gasteiger partial charge in [0, 0.05) is 28.7 Å². The molecule has 1 saturated heterocycles. The lowest BCUT2D eigenvalue weighted by Crippen LogP contribution is -2.28. The summed E-state index contributed by atoms with van der Waals surface area (Å²) in [6, 6.07) is 6.31. The van der Waals surface area contributed by atoms with Crippen molar-refractivity contribution in [2.45, 2.75) is 32.1 Å². The van der Waals surface area contributed by atoms with E-state index in [1.165, 1.54) is 24.1 Å². The highest BCUT2D eigenvalue weighted by molar-refractivity contribution is 9.10. The van der Waals surface area contributed by atoms with Crippen molar-refractivity contribution < 1.29 is 5.11 Å². The Morgan fingerprint density at radius 3 is 2.53 bits per heavy atom. The highest BCUT2D eigenvalue weighted by atomic mass is 79.9. The molecule has 0 radical (unpaired) electrons. The van der Waals surface area contributed by atoms with Gasteiger partial charge < -0.3 is 10.0 Å². The molecule has 1 heterocycles. The molecule has 0 bridgehead atoms. The van der Waals surface area contributed by atoms with Crippen LogP contribution in [0.2, 0.25) is 0 Å². The highest BCUT2D eigenvalue weighted by Crippen LogP contribution is 2.38. The van der Waals surface area contributed by atoms with Crippen LogP contribution < -0.4 is 4.90 Å². The fourth-order valence-corrected chi connectivity index (χ4v) is 3.38. The van der Waals surface area contributed by atoms with Crippen molar-refractivity contribution >= 4 is 21.6 Å². The van der Waals surface area contributed by atoms with Crippen LogP contribution in [0.25, 0.3) is 0 Å². The fourth-order valence-electron chi connectivity index (χ4n) is 2.48. The van der Waals surface area contributed by atoms with E-state index in [1.807, 2.05) is 0 Å². The van der Waals surface area contributed by atoms with Gasteiger partial charge in [0.15, 0.2) is 0 Å². The van der Waals surface area contributed by atoms with Gasteiger partial charge in [-0.1, -0.05) is 35.8 Å². The Morgan fingerprint density at radius 1 is 1.29 bits per heavy atom. The first-order valence-electron chi connectivity index (χ1n) is 6.21. The summed E-state index contributed by atoms with van der Waals surface area (Å²) in [6.45, 7) is 6.60. The lowest BCUT2D eigenvalue weighted by atomic mass is 9.84. The number of rotatable bonds is 3. The normalized spacial score (nSPS) is 16.6. The molecule has 3 heteroatoms. The fraction of sp³-hybridized carbons (Fsp3) is 0.571.